The highest BCUT2D eigenvalue weighted by Crippen LogP contribution is 2.23. The summed E-state index contributed by atoms with van der Waals surface area (Å²) in [6.07, 6.45) is 0.908. The normalized spacial score (nSPS) is 12.2. The Morgan fingerprint density at radius 1 is 1.50 bits per heavy atom. The third-order valence-corrected chi connectivity index (χ3v) is 1.69. The Hall–Kier alpha value is 0.400. The van der Waals surface area contributed by atoms with Gasteiger partial charge >= 0.3 is 0 Å². The molecule has 0 spiro atoms. The van der Waals surface area contributed by atoms with Gasteiger partial charge in [0, 0.05) is 9.13 Å². The molecule has 0 saturated heterocycles. The minimum Gasteiger partial charge on any atom is -0.309 e. The van der Waals surface area contributed by atoms with Crippen molar-refractivity contribution < 1.29 is 0 Å². The third-order valence-electron chi connectivity index (χ3n) is 1.31. The lowest BCUT2D eigenvalue weighted by Gasteiger charge is -2.18. The summed E-state index contributed by atoms with van der Waals surface area (Å²) in [5.41, 5.74) is 0.861. The quantitative estimate of drug-likeness (QED) is 0.453. The summed E-state index contributed by atoms with van der Waals surface area (Å²) in [6, 6.07) is 0. The molecule has 0 aromatic carbocycles. The van der Waals surface area contributed by atoms with E-state index in [1.807, 2.05) is 0 Å². The summed E-state index contributed by atoms with van der Waals surface area (Å²) in [6.45, 7) is 8.46. The molecule has 0 unspecified atom stereocenters. The molecule has 0 aliphatic rings. The SMILES string of the molecule is CC(C)C(=N)CC(C)(C)I. The molecule has 0 aromatic rings. The lowest BCUT2D eigenvalue weighted by atomic mass is 9.98. The standard InChI is InChI=1S/C8H16IN/c1-6(2)7(10)5-8(3,4)9/h6,10H,5H2,1-4H3. The summed E-state index contributed by atoms with van der Waals surface area (Å²) in [5.74, 6) is 0.411. The van der Waals surface area contributed by atoms with Gasteiger partial charge in [0.1, 0.15) is 0 Å². The molecule has 0 aliphatic heterocycles. The van der Waals surface area contributed by atoms with Crippen molar-refractivity contribution in [2.75, 3.05) is 0 Å². The summed E-state index contributed by atoms with van der Waals surface area (Å²) in [5, 5.41) is 7.59. The van der Waals surface area contributed by atoms with E-state index >= 15 is 0 Å². The molecule has 0 rings (SSSR count). The number of rotatable bonds is 3. The van der Waals surface area contributed by atoms with E-state index in [0.29, 0.717) is 5.92 Å². The summed E-state index contributed by atoms with van der Waals surface area (Å²) >= 11 is 2.38. The number of halogens is 1. The average molecular weight is 253 g/mol. The molecule has 0 fully saturated rings. The molecule has 10 heavy (non-hydrogen) atoms. The van der Waals surface area contributed by atoms with Gasteiger partial charge in [-0.3, -0.25) is 0 Å². The van der Waals surface area contributed by atoms with Gasteiger partial charge in [-0.15, -0.1) is 0 Å². The Morgan fingerprint density at radius 3 is 2.00 bits per heavy atom. The minimum atomic E-state index is 0.249. The van der Waals surface area contributed by atoms with Gasteiger partial charge in [-0.1, -0.05) is 50.3 Å². The lowest BCUT2D eigenvalue weighted by molar-refractivity contribution is 0.737. The zero-order valence-corrected chi connectivity index (χ0v) is 9.32. The predicted octanol–water partition coefficient (Wildman–Crippen LogP) is 3.27. The monoisotopic (exact) mass is 253 g/mol. The van der Waals surface area contributed by atoms with Crippen LogP contribution in [-0.4, -0.2) is 9.13 Å². The highest BCUT2D eigenvalue weighted by atomic mass is 127. The van der Waals surface area contributed by atoms with Gasteiger partial charge in [-0.25, -0.2) is 0 Å². The molecule has 0 aromatic heterocycles. The molecule has 0 bridgehead atoms. The Bertz CT molecular complexity index is 122. The average Bonchev–Trinajstić information content (AvgIpc) is 1.60. The first-order chi connectivity index (χ1) is 4.33. The topological polar surface area (TPSA) is 23.9 Å². The second kappa shape index (κ2) is 3.69. The largest absolute Gasteiger partial charge is 0.309 e. The Morgan fingerprint density at radius 2 is 1.90 bits per heavy atom. The first-order valence-corrected chi connectivity index (χ1v) is 4.67. The fourth-order valence-electron chi connectivity index (χ4n) is 0.657. The number of alkyl halides is 1. The van der Waals surface area contributed by atoms with E-state index in [-0.39, 0.29) is 3.42 Å². The molecule has 1 nitrogen and oxygen atoms in total. The van der Waals surface area contributed by atoms with Crippen molar-refractivity contribution in [2.45, 2.75) is 37.5 Å². The minimum absolute atomic E-state index is 0.249. The van der Waals surface area contributed by atoms with Gasteiger partial charge in [-0.2, -0.15) is 0 Å². The fraction of sp³-hybridized carbons (Fsp3) is 0.875. The maximum absolute atomic E-state index is 7.59. The van der Waals surface area contributed by atoms with Gasteiger partial charge in [0.2, 0.25) is 0 Å². The summed E-state index contributed by atoms with van der Waals surface area (Å²) in [4.78, 5) is 0. The molecular formula is C8H16IN. The Labute approximate surface area is 77.2 Å². The molecule has 2 heteroatoms. The Balaban J connectivity index is 3.81. The van der Waals surface area contributed by atoms with E-state index in [9.17, 15) is 0 Å². The number of nitrogens with one attached hydrogen (secondary N) is 1. The van der Waals surface area contributed by atoms with Crippen LogP contribution in [0.25, 0.3) is 0 Å². The van der Waals surface area contributed by atoms with Crippen molar-refractivity contribution in [3.63, 3.8) is 0 Å². The zero-order chi connectivity index (χ0) is 8.36. The van der Waals surface area contributed by atoms with Crippen LogP contribution in [0.15, 0.2) is 0 Å². The zero-order valence-electron chi connectivity index (χ0n) is 7.16. The van der Waals surface area contributed by atoms with E-state index in [4.69, 9.17) is 5.41 Å². The van der Waals surface area contributed by atoms with Crippen LogP contribution in [0.3, 0.4) is 0 Å². The number of hydrogen-bond acceptors (Lipinski definition) is 1. The fourth-order valence-corrected chi connectivity index (χ4v) is 1.07. The van der Waals surface area contributed by atoms with Crippen molar-refractivity contribution in [1.82, 2.24) is 0 Å². The lowest BCUT2D eigenvalue weighted by Crippen LogP contribution is -2.18. The molecule has 0 aliphatic carbocycles. The van der Waals surface area contributed by atoms with E-state index in [0.717, 1.165) is 12.1 Å². The van der Waals surface area contributed by atoms with E-state index < -0.39 is 0 Å². The smallest absolute Gasteiger partial charge is 0.0218 e. The molecule has 0 radical (unpaired) electrons. The highest BCUT2D eigenvalue weighted by molar-refractivity contribution is 14.1. The van der Waals surface area contributed by atoms with Gasteiger partial charge in [0.05, 0.1) is 0 Å². The van der Waals surface area contributed by atoms with E-state index in [1.54, 1.807) is 0 Å². The second-order valence-electron chi connectivity index (χ2n) is 3.58. The van der Waals surface area contributed by atoms with Crippen LogP contribution in [0.1, 0.15) is 34.1 Å². The van der Waals surface area contributed by atoms with Crippen LogP contribution in [0.2, 0.25) is 0 Å². The van der Waals surface area contributed by atoms with Crippen LogP contribution >= 0.6 is 22.6 Å². The molecule has 0 amide bonds. The first kappa shape index (κ1) is 10.4. The predicted molar refractivity (Wildman–Crippen MR) is 55.3 cm³/mol. The van der Waals surface area contributed by atoms with Gasteiger partial charge in [-0.05, 0) is 12.3 Å². The summed E-state index contributed by atoms with van der Waals surface area (Å²) < 4.78 is 0.249. The Kier molecular flexibility index (Phi) is 3.84. The molecule has 0 saturated carbocycles. The summed E-state index contributed by atoms with van der Waals surface area (Å²) in [7, 11) is 0. The molecule has 1 N–H and O–H groups in total. The number of hydrogen-bond donors (Lipinski definition) is 1. The maximum atomic E-state index is 7.59. The molecule has 60 valence electrons. The van der Waals surface area contributed by atoms with E-state index in [1.165, 1.54) is 0 Å². The van der Waals surface area contributed by atoms with Crippen molar-refractivity contribution in [3.05, 3.63) is 0 Å². The van der Waals surface area contributed by atoms with Gasteiger partial charge in [0.15, 0.2) is 0 Å². The van der Waals surface area contributed by atoms with E-state index in [2.05, 4.69) is 50.3 Å². The van der Waals surface area contributed by atoms with Crippen LogP contribution < -0.4 is 0 Å². The highest BCUT2D eigenvalue weighted by Gasteiger charge is 2.16. The molecular weight excluding hydrogens is 237 g/mol. The van der Waals surface area contributed by atoms with Crippen molar-refractivity contribution in [3.8, 4) is 0 Å². The van der Waals surface area contributed by atoms with Gasteiger partial charge in [0.25, 0.3) is 0 Å². The van der Waals surface area contributed by atoms with Crippen LogP contribution in [0, 0.1) is 11.3 Å². The molecule has 0 atom stereocenters. The third kappa shape index (κ3) is 5.21. The maximum Gasteiger partial charge on any atom is 0.0218 e. The second-order valence-corrected chi connectivity index (χ2v) is 6.50. The van der Waals surface area contributed by atoms with Crippen LogP contribution in [-0.2, 0) is 0 Å². The molecule has 0 heterocycles. The van der Waals surface area contributed by atoms with Crippen LogP contribution in [0.5, 0.6) is 0 Å². The van der Waals surface area contributed by atoms with Crippen molar-refractivity contribution in [2.24, 2.45) is 5.92 Å². The van der Waals surface area contributed by atoms with Crippen molar-refractivity contribution in [1.29, 1.82) is 5.41 Å². The van der Waals surface area contributed by atoms with Crippen molar-refractivity contribution >= 4 is 28.3 Å². The van der Waals surface area contributed by atoms with Gasteiger partial charge < -0.3 is 5.41 Å². The first-order valence-electron chi connectivity index (χ1n) is 3.59. The van der Waals surface area contributed by atoms with Crippen LogP contribution in [0.4, 0.5) is 0 Å².